The number of aromatic nitrogens is 1. The van der Waals surface area contributed by atoms with Crippen LogP contribution in [0, 0.1) is 6.92 Å². The van der Waals surface area contributed by atoms with Gasteiger partial charge in [-0.25, -0.2) is 0 Å². The highest BCUT2D eigenvalue weighted by Gasteiger charge is 2.18. The first-order valence-corrected chi connectivity index (χ1v) is 6.61. The van der Waals surface area contributed by atoms with Crippen LogP contribution in [-0.4, -0.2) is 34.4 Å². The fourth-order valence-corrected chi connectivity index (χ4v) is 2.30. The molecule has 1 aromatic heterocycles. The van der Waals surface area contributed by atoms with Gasteiger partial charge in [0.15, 0.2) is 0 Å². The monoisotopic (exact) mass is 252 g/mol. The molecule has 18 heavy (non-hydrogen) atoms. The van der Waals surface area contributed by atoms with Crippen molar-refractivity contribution in [2.24, 2.45) is 0 Å². The Labute approximate surface area is 109 Å². The molecule has 0 spiro atoms. The van der Waals surface area contributed by atoms with Crippen LogP contribution in [0.4, 0.5) is 5.69 Å². The van der Waals surface area contributed by atoms with Crippen molar-refractivity contribution in [3.63, 3.8) is 0 Å². The summed E-state index contributed by atoms with van der Waals surface area (Å²) in [5.41, 5.74) is 2.74. The molecule has 0 saturated heterocycles. The summed E-state index contributed by atoms with van der Waals surface area (Å²) in [6.07, 6.45) is 3.75. The summed E-state index contributed by atoms with van der Waals surface area (Å²) in [6.45, 7) is 6.90. The van der Waals surface area contributed by atoms with Gasteiger partial charge in [0.2, 0.25) is 0 Å². The number of aliphatic hydroxyl groups is 2. The van der Waals surface area contributed by atoms with Gasteiger partial charge in [-0.1, -0.05) is 13.8 Å². The van der Waals surface area contributed by atoms with Crippen LogP contribution in [0.5, 0.6) is 0 Å². The number of hydrogen-bond acceptors (Lipinski definition) is 4. The third kappa shape index (κ3) is 3.43. The molecule has 0 fully saturated rings. The lowest BCUT2D eigenvalue weighted by molar-refractivity contribution is 0.278. The van der Waals surface area contributed by atoms with Crippen molar-refractivity contribution < 1.29 is 10.2 Å². The predicted octanol–water partition coefficient (Wildman–Crippen LogP) is 1.87. The van der Waals surface area contributed by atoms with Crippen LogP contribution in [0.1, 0.15) is 37.9 Å². The lowest BCUT2D eigenvalue weighted by Gasteiger charge is -2.33. The summed E-state index contributed by atoms with van der Waals surface area (Å²) in [4.78, 5) is 6.40. The minimum absolute atomic E-state index is 0.0231. The molecular formula is C14H24N2O2. The fraction of sp³-hybridized carbons (Fsp3) is 0.643. The Morgan fingerprint density at radius 3 is 2.44 bits per heavy atom. The molecule has 0 atom stereocenters. The van der Waals surface area contributed by atoms with E-state index in [-0.39, 0.29) is 13.2 Å². The maximum absolute atomic E-state index is 9.42. The van der Waals surface area contributed by atoms with Crippen LogP contribution in [0.2, 0.25) is 0 Å². The average molecular weight is 252 g/mol. The number of aliphatic hydroxyl groups excluding tert-OH is 2. The van der Waals surface area contributed by atoms with Crippen molar-refractivity contribution >= 4 is 5.69 Å². The normalized spacial score (nSPS) is 11.0. The molecule has 0 unspecified atom stereocenters. The molecule has 0 amide bonds. The Balaban J connectivity index is 3.14. The molecule has 1 aromatic rings. The van der Waals surface area contributed by atoms with Gasteiger partial charge in [-0.2, -0.15) is 0 Å². The summed E-state index contributed by atoms with van der Waals surface area (Å²) in [7, 11) is 0. The number of nitrogens with zero attached hydrogens (tertiary/aromatic N) is 2. The molecule has 4 nitrogen and oxygen atoms in total. The summed E-state index contributed by atoms with van der Waals surface area (Å²) in [6, 6.07) is 2.36. The Hall–Kier alpha value is -1.13. The smallest absolute Gasteiger partial charge is 0.0717 e. The van der Waals surface area contributed by atoms with Crippen LogP contribution in [-0.2, 0) is 6.61 Å². The fourth-order valence-electron chi connectivity index (χ4n) is 2.30. The molecule has 102 valence electrons. The molecule has 0 aliphatic heterocycles. The van der Waals surface area contributed by atoms with Gasteiger partial charge in [-0.15, -0.1) is 0 Å². The SMILES string of the molecule is CCC(CC)N(CCO)c1cc(C)ncc1CO. The van der Waals surface area contributed by atoms with Crippen LogP contribution < -0.4 is 4.90 Å². The zero-order valence-corrected chi connectivity index (χ0v) is 11.6. The number of aryl methyl sites for hydroxylation is 1. The molecule has 1 heterocycles. The second-order valence-corrected chi connectivity index (χ2v) is 4.50. The van der Waals surface area contributed by atoms with Gasteiger partial charge in [0, 0.05) is 35.7 Å². The van der Waals surface area contributed by atoms with Crippen molar-refractivity contribution in [1.29, 1.82) is 0 Å². The highest BCUT2D eigenvalue weighted by molar-refractivity contribution is 5.54. The van der Waals surface area contributed by atoms with Crippen molar-refractivity contribution in [3.8, 4) is 0 Å². The first-order chi connectivity index (χ1) is 8.67. The molecule has 4 heteroatoms. The van der Waals surface area contributed by atoms with E-state index < -0.39 is 0 Å². The van der Waals surface area contributed by atoms with Gasteiger partial charge in [0.1, 0.15) is 0 Å². The van der Waals surface area contributed by atoms with Gasteiger partial charge in [-0.05, 0) is 25.8 Å². The van der Waals surface area contributed by atoms with E-state index in [1.807, 2.05) is 13.0 Å². The van der Waals surface area contributed by atoms with Crippen molar-refractivity contribution in [3.05, 3.63) is 23.5 Å². The number of anilines is 1. The largest absolute Gasteiger partial charge is 0.395 e. The third-order valence-corrected chi connectivity index (χ3v) is 3.30. The van der Waals surface area contributed by atoms with Gasteiger partial charge in [0.05, 0.1) is 13.2 Å². The lowest BCUT2D eigenvalue weighted by Crippen LogP contribution is -2.37. The number of hydrogen-bond donors (Lipinski definition) is 2. The van der Waals surface area contributed by atoms with Gasteiger partial charge in [-0.3, -0.25) is 4.98 Å². The molecule has 0 aliphatic rings. The number of rotatable bonds is 7. The second-order valence-electron chi connectivity index (χ2n) is 4.50. The standard InChI is InChI=1S/C14H24N2O2/c1-4-13(5-2)16(6-7-17)14-8-11(3)15-9-12(14)10-18/h8-9,13,17-18H,4-7,10H2,1-3H3. The van der Waals surface area contributed by atoms with E-state index in [1.165, 1.54) is 0 Å². The minimum atomic E-state index is -0.0231. The maximum Gasteiger partial charge on any atom is 0.0717 e. The minimum Gasteiger partial charge on any atom is -0.395 e. The predicted molar refractivity (Wildman–Crippen MR) is 73.7 cm³/mol. The van der Waals surface area contributed by atoms with E-state index in [2.05, 4.69) is 23.7 Å². The van der Waals surface area contributed by atoms with Crippen LogP contribution in [0.25, 0.3) is 0 Å². The van der Waals surface area contributed by atoms with Crippen LogP contribution >= 0.6 is 0 Å². The maximum atomic E-state index is 9.42. The van der Waals surface area contributed by atoms with E-state index in [9.17, 15) is 10.2 Å². The Morgan fingerprint density at radius 2 is 1.94 bits per heavy atom. The molecule has 0 aliphatic carbocycles. The van der Waals surface area contributed by atoms with Crippen LogP contribution in [0.15, 0.2) is 12.3 Å². The van der Waals surface area contributed by atoms with Crippen molar-refractivity contribution in [2.45, 2.75) is 46.3 Å². The molecule has 0 radical (unpaired) electrons. The van der Waals surface area contributed by atoms with E-state index in [0.29, 0.717) is 12.6 Å². The first-order valence-electron chi connectivity index (χ1n) is 6.61. The molecule has 0 saturated carbocycles. The zero-order chi connectivity index (χ0) is 13.5. The van der Waals surface area contributed by atoms with Gasteiger partial charge < -0.3 is 15.1 Å². The lowest BCUT2D eigenvalue weighted by atomic mass is 10.1. The number of pyridine rings is 1. The van der Waals surface area contributed by atoms with Gasteiger partial charge in [0.25, 0.3) is 0 Å². The van der Waals surface area contributed by atoms with Gasteiger partial charge >= 0.3 is 0 Å². The molecule has 0 aromatic carbocycles. The molecule has 2 N–H and O–H groups in total. The Morgan fingerprint density at radius 1 is 1.28 bits per heavy atom. The zero-order valence-electron chi connectivity index (χ0n) is 11.6. The molecular weight excluding hydrogens is 228 g/mol. The van der Waals surface area contributed by atoms with E-state index in [1.54, 1.807) is 6.20 Å². The highest BCUT2D eigenvalue weighted by Crippen LogP contribution is 2.25. The summed E-state index contributed by atoms with van der Waals surface area (Å²) < 4.78 is 0. The van der Waals surface area contributed by atoms with Crippen molar-refractivity contribution in [2.75, 3.05) is 18.1 Å². The van der Waals surface area contributed by atoms with E-state index in [0.717, 1.165) is 29.8 Å². The Kier molecular flexibility index (Phi) is 6.09. The van der Waals surface area contributed by atoms with E-state index >= 15 is 0 Å². The van der Waals surface area contributed by atoms with Crippen molar-refractivity contribution in [1.82, 2.24) is 4.98 Å². The third-order valence-electron chi connectivity index (χ3n) is 3.30. The highest BCUT2D eigenvalue weighted by atomic mass is 16.3. The quantitative estimate of drug-likeness (QED) is 0.778. The Bertz CT molecular complexity index is 365. The first kappa shape index (κ1) is 14.9. The van der Waals surface area contributed by atoms with E-state index in [4.69, 9.17) is 0 Å². The average Bonchev–Trinajstić information content (AvgIpc) is 2.39. The molecule has 1 rings (SSSR count). The molecule has 0 bridgehead atoms. The topological polar surface area (TPSA) is 56.6 Å². The summed E-state index contributed by atoms with van der Waals surface area (Å²) >= 11 is 0. The second kappa shape index (κ2) is 7.34. The summed E-state index contributed by atoms with van der Waals surface area (Å²) in [5.74, 6) is 0. The summed E-state index contributed by atoms with van der Waals surface area (Å²) in [5, 5.41) is 18.7. The van der Waals surface area contributed by atoms with Crippen LogP contribution in [0.3, 0.4) is 0 Å².